The predicted octanol–water partition coefficient (Wildman–Crippen LogP) is 4.43. The summed E-state index contributed by atoms with van der Waals surface area (Å²) in [6.07, 6.45) is 0.0615. The number of carbonyl (C=O) groups excluding carboxylic acids is 1. The van der Waals surface area contributed by atoms with Crippen molar-refractivity contribution in [2.24, 2.45) is 0 Å². The molecule has 8 heteroatoms. The van der Waals surface area contributed by atoms with Crippen LogP contribution < -0.4 is 14.4 Å². The highest BCUT2D eigenvalue weighted by atomic mass is 32.2. The average Bonchev–Trinajstić information content (AvgIpc) is 2.77. The zero-order valence-corrected chi connectivity index (χ0v) is 19.6. The van der Waals surface area contributed by atoms with Gasteiger partial charge in [-0.2, -0.15) is 0 Å². The minimum absolute atomic E-state index is 0.0615. The zero-order chi connectivity index (χ0) is 24.0. The van der Waals surface area contributed by atoms with Gasteiger partial charge >= 0.3 is 0 Å². The molecule has 3 aromatic carbocycles. The summed E-state index contributed by atoms with van der Waals surface area (Å²) in [5, 5.41) is 2.76. The number of ether oxygens (including phenoxy) is 1. The van der Waals surface area contributed by atoms with Gasteiger partial charge < -0.3 is 10.1 Å². The Labute approximate surface area is 194 Å². The summed E-state index contributed by atoms with van der Waals surface area (Å²) in [6, 6.07) is 18.6. The maximum absolute atomic E-state index is 13.3. The number of carbonyl (C=O) groups is 1. The van der Waals surface area contributed by atoms with Crippen LogP contribution in [0.1, 0.15) is 25.0 Å². The van der Waals surface area contributed by atoms with E-state index in [4.69, 9.17) is 4.74 Å². The largest absolute Gasteiger partial charge is 0.491 e. The molecule has 0 fully saturated rings. The molecule has 0 aliphatic carbocycles. The number of hydrogen-bond acceptors (Lipinski definition) is 4. The summed E-state index contributed by atoms with van der Waals surface area (Å²) in [6.45, 7) is 5.57. The number of amides is 1. The Balaban J connectivity index is 1.76. The van der Waals surface area contributed by atoms with E-state index in [1.165, 1.54) is 12.1 Å². The summed E-state index contributed by atoms with van der Waals surface area (Å²) in [7, 11) is -4.09. The topological polar surface area (TPSA) is 75.7 Å². The smallest absolute Gasteiger partial charge is 0.264 e. The molecule has 3 rings (SSSR count). The molecule has 0 saturated heterocycles. The van der Waals surface area contributed by atoms with E-state index in [0.29, 0.717) is 5.69 Å². The molecule has 0 bridgehead atoms. The number of nitrogens with zero attached hydrogens (tertiary/aromatic N) is 1. The van der Waals surface area contributed by atoms with Crippen LogP contribution in [0.25, 0.3) is 0 Å². The molecule has 0 spiro atoms. The van der Waals surface area contributed by atoms with Crippen LogP contribution in [-0.2, 0) is 21.4 Å². The second-order valence-electron chi connectivity index (χ2n) is 7.89. The lowest BCUT2D eigenvalue weighted by molar-refractivity contribution is -0.119. The molecule has 0 aliphatic heterocycles. The number of hydrogen-bond donors (Lipinski definition) is 1. The van der Waals surface area contributed by atoms with Gasteiger partial charge in [0.25, 0.3) is 10.0 Å². The summed E-state index contributed by atoms with van der Waals surface area (Å²) >= 11 is 0. The molecule has 1 amide bonds. The van der Waals surface area contributed by atoms with E-state index in [1.807, 2.05) is 45.0 Å². The SMILES string of the molecule is Cc1ccc(N(CC(=O)NCc2ccc(OC(C)C)cc2)S(=O)(=O)c2ccc(F)cc2)cc1. The standard InChI is InChI=1S/C25H27FN2O4S/c1-18(2)32-23-12-6-20(7-13-23)16-27-25(29)17-28(22-10-4-19(3)5-11-22)33(30,31)24-14-8-21(26)9-15-24/h4-15,18H,16-17H2,1-3H3,(H,27,29). The molecule has 3 aromatic rings. The molecular formula is C25H27FN2O4S. The van der Waals surface area contributed by atoms with Crippen LogP contribution >= 0.6 is 0 Å². The van der Waals surface area contributed by atoms with E-state index >= 15 is 0 Å². The van der Waals surface area contributed by atoms with E-state index in [0.717, 1.165) is 33.3 Å². The fourth-order valence-electron chi connectivity index (χ4n) is 3.10. The van der Waals surface area contributed by atoms with Crippen LogP contribution in [0.3, 0.4) is 0 Å². The molecule has 174 valence electrons. The number of anilines is 1. The Morgan fingerprint density at radius 2 is 1.58 bits per heavy atom. The van der Waals surface area contributed by atoms with E-state index < -0.39 is 28.3 Å². The summed E-state index contributed by atoms with van der Waals surface area (Å²) < 4.78 is 46.5. The molecule has 0 heterocycles. The van der Waals surface area contributed by atoms with Gasteiger partial charge in [0.2, 0.25) is 5.91 Å². The van der Waals surface area contributed by atoms with Gasteiger partial charge in [-0.15, -0.1) is 0 Å². The average molecular weight is 471 g/mol. The Bertz CT molecular complexity index is 1180. The van der Waals surface area contributed by atoms with Crippen LogP contribution in [0.2, 0.25) is 0 Å². The van der Waals surface area contributed by atoms with Crippen molar-refractivity contribution in [1.29, 1.82) is 0 Å². The quantitative estimate of drug-likeness (QED) is 0.502. The Hall–Kier alpha value is -3.39. The molecule has 0 atom stereocenters. The van der Waals surface area contributed by atoms with Crippen molar-refractivity contribution in [2.45, 2.75) is 38.3 Å². The fraction of sp³-hybridized carbons (Fsp3) is 0.240. The van der Waals surface area contributed by atoms with Crippen molar-refractivity contribution >= 4 is 21.6 Å². The number of sulfonamides is 1. The van der Waals surface area contributed by atoms with Crippen LogP contribution in [0.5, 0.6) is 5.75 Å². The van der Waals surface area contributed by atoms with Gasteiger partial charge in [-0.3, -0.25) is 9.10 Å². The number of aryl methyl sites for hydroxylation is 1. The van der Waals surface area contributed by atoms with Crippen molar-refractivity contribution in [3.05, 3.63) is 89.7 Å². The third-order valence-electron chi connectivity index (χ3n) is 4.80. The first-order valence-electron chi connectivity index (χ1n) is 10.5. The maximum atomic E-state index is 13.3. The zero-order valence-electron chi connectivity index (χ0n) is 18.8. The lowest BCUT2D eigenvalue weighted by Crippen LogP contribution is -2.40. The number of halogens is 1. The fourth-order valence-corrected chi connectivity index (χ4v) is 4.53. The summed E-state index contributed by atoms with van der Waals surface area (Å²) in [4.78, 5) is 12.6. The third-order valence-corrected chi connectivity index (χ3v) is 6.58. The lowest BCUT2D eigenvalue weighted by atomic mass is 10.2. The monoisotopic (exact) mass is 470 g/mol. The van der Waals surface area contributed by atoms with Crippen molar-refractivity contribution in [3.8, 4) is 5.75 Å². The Morgan fingerprint density at radius 1 is 0.970 bits per heavy atom. The Kier molecular flexibility index (Phi) is 7.71. The van der Waals surface area contributed by atoms with E-state index in [1.54, 1.807) is 24.3 Å². The van der Waals surface area contributed by atoms with Crippen LogP contribution in [0, 0.1) is 12.7 Å². The van der Waals surface area contributed by atoms with Crippen LogP contribution in [0.4, 0.5) is 10.1 Å². The summed E-state index contributed by atoms with van der Waals surface area (Å²) in [5.41, 5.74) is 2.14. The molecule has 0 aromatic heterocycles. The van der Waals surface area contributed by atoms with Gasteiger partial charge in [0.1, 0.15) is 18.1 Å². The van der Waals surface area contributed by atoms with E-state index in [2.05, 4.69) is 5.32 Å². The van der Waals surface area contributed by atoms with Gasteiger partial charge in [0, 0.05) is 6.54 Å². The maximum Gasteiger partial charge on any atom is 0.264 e. The van der Waals surface area contributed by atoms with Crippen molar-refractivity contribution in [1.82, 2.24) is 5.32 Å². The van der Waals surface area contributed by atoms with Crippen LogP contribution in [-0.4, -0.2) is 27.0 Å². The van der Waals surface area contributed by atoms with Gasteiger partial charge in [-0.05, 0) is 74.9 Å². The number of benzene rings is 3. The molecule has 33 heavy (non-hydrogen) atoms. The van der Waals surface area contributed by atoms with Crippen molar-refractivity contribution < 1.29 is 22.3 Å². The van der Waals surface area contributed by atoms with Gasteiger partial charge in [0.05, 0.1) is 16.7 Å². The van der Waals surface area contributed by atoms with Crippen molar-refractivity contribution in [3.63, 3.8) is 0 Å². The van der Waals surface area contributed by atoms with E-state index in [-0.39, 0.29) is 17.5 Å². The molecule has 1 N–H and O–H groups in total. The molecule has 0 unspecified atom stereocenters. The summed E-state index contributed by atoms with van der Waals surface area (Å²) in [5.74, 6) is -0.279. The minimum Gasteiger partial charge on any atom is -0.491 e. The minimum atomic E-state index is -4.09. The number of nitrogens with one attached hydrogen (secondary N) is 1. The van der Waals surface area contributed by atoms with Gasteiger partial charge in [0.15, 0.2) is 0 Å². The normalized spacial score (nSPS) is 11.3. The van der Waals surface area contributed by atoms with Crippen molar-refractivity contribution in [2.75, 3.05) is 10.8 Å². The number of rotatable bonds is 9. The first-order chi connectivity index (χ1) is 15.6. The third kappa shape index (κ3) is 6.55. The van der Waals surface area contributed by atoms with Gasteiger partial charge in [-0.1, -0.05) is 29.8 Å². The highest BCUT2D eigenvalue weighted by molar-refractivity contribution is 7.92. The highest BCUT2D eigenvalue weighted by Crippen LogP contribution is 2.24. The van der Waals surface area contributed by atoms with Crippen LogP contribution in [0.15, 0.2) is 77.7 Å². The van der Waals surface area contributed by atoms with Gasteiger partial charge in [-0.25, -0.2) is 12.8 Å². The second-order valence-corrected chi connectivity index (χ2v) is 9.75. The lowest BCUT2D eigenvalue weighted by Gasteiger charge is -2.24. The first-order valence-corrected chi connectivity index (χ1v) is 12.0. The second kappa shape index (κ2) is 10.5. The molecule has 6 nitrogen and oxygen atoms in total. The predicted molar refractivity (Wildman–Crippen MR) is 126 cm³/mol. The first kappa shape index (κ1) is 24.3. The molecule has 0 aliphatic rings. The highest BCUT2D eigenvalue weighted by Gasteiger charge is 2.27. The molecule has 0 saturated carbocycles. The Morgan fingerprint density at radius 3 is 2.15 bits per heavy atom. The van der Waals surface area contributed by atoms with E-state index in [9.17, 15) is 17.6 Å². The molecule has 0 radical (unpaired) electrons. The molecular weight excluding hydrogens is 443 g/mol.